The molecular weight excluding hydrogens is 737 g/mol. The zero-order chi connectivity index (χ0) is 41.2. The van der Waals surface area contributed by atoms with Gasteiger partial charge in [0.15, 0.2) is 0 Å². The van der Waals surface area contributed by atoms with E-state index in [2.05, 4.69) is 25.5 Å². The molecule has 4 aliphatic rings. The summed E-state index contributed by atoms with van der Waals surface area (Å²) in [6, 6.07) is 8.84. The number of nitrogens with zero attached hydrogens (tertiary/aromatic N) is 5. The fraction of sp³-hybridized carbons (Fsp3) is 0.500. The molecule has 1 saturated heterocycles. The second-order valence-electron chi connectivity index (χ2n) is 15.8. The lowest BCUT2D eigenvalue weighted by atomic mass is 9.79. The molecule has 5 amide bonds. The molecule has 4 N–H and O–H groups in total. The van der Waals surface area contributed by atoms with E-state index in [-0.39, 0.29) is 59.5 Å². The molecule has 0 spiro atoms. The molecule has 2 fully saturated rings. The molecule has 1 aromatic carbocycles. The van der Waals surface area contributed by atoms with Gasteiger partial charge in [-0.15, -0.1) is 0 Å². The van der Waals surface area contributed by atoms with Crippen molar-refractivity contribution in [1.29, 1.82) is 0 Å². The van der Waals surface area contributed by atoms with Crippen molar-refractivity contribution in [1.82, 2.24) is 20.1 Å². The number of Topliss-reactive ketones (excluding diaryl/α,β-unsaturated/α-hetero) is 1. The molecule has 1 aliphatic carbocycles. The first-order valence-corrected chi connectivity index (χ1v) is 20.9. The minimum absolute atomic E-state index is 0.00620. The Kier molecular flexibility index (Phi) is 14.2. The summed E-state index contributed by atoms with van der Waals surface area (Å²) < 4.78 is 0. The molecule has 0 bridgehead atoms. The number of aliphatic imine (C=N–C) groups is 1. The van der Waals surface area contributed by atoms with Crippen LogP contribution in [0, 0.1) is 17.8 Å². The molecule has 0 radical (unpaired) electrons. The van der Waals surface area contributed by atoms with Crippen LogP contribution in [-0.4, -0.2) is 95.2 Å². The number of anilines is 2. The summed E-state index contributed by atoms with van der Waals surface area (Å²) in [6.07, 6.45) is 13.6. The van der Waals surface area contributed by atoms with E-state index in [1.54, 1.807) is 30.5 Å². The summed E-state index contributed by atoms with van der Waals surface area (Å²) in [6.45, 7) is 7.67. The molecule has 14 nitrogen and oxygen atoms in total. The van der Waals surface area contributed by atoms with Gasteiger partial charge < -0.3 is 26.2 Å². The fourth-order valence-corrected chi connectivity index (χ4v) is 8.31. The van der Waals surface area contributed by atoms with Crippen LogP contribution in [0.15, 0.2) is 59.2 Å². The number of nitrogens with one attached hydrogen (secondary N) is 2. The van der Waals surface area contributed by atoms with Crippen LogP contribution in [0.4, 0.5) is 17.2 Å². The van der Waals surface area contributed by atoms with E-state index < -0.39 is 0 Å². The summed E-state index contributed by atoms with van der Waals surface area (Å²) in [5, 5.41) is 5.93. The second-order valence-corrected chi connectivity index (χ2v) is 15.8. The third kappa shape index (κ3) is 10.6. The number of hydrogen-bond donors (Lipinski definition) is 3. The number of pyridine rings is 1. The molecule has 14 heteroatoms. The summed E-state index contributed by atoms with van der Waals surface area (Å²) >= 11 is 0. The number of hydrogen-bond acceptors (Lipinski definition) is 10. The minimum atomic E-state index is -0.322. The Labute approximate surface area is 340 Å². The Morgan fingerprint density at radius 1 is 0.897 bits per heavy atom. The zero-order valence-electron chi connectivity index (χ0n) is 33.7. The van der Waals surface area contributed by atoms with E-state index in [0.29, 0.717) is 93.3 Å². The third-order valence-electron chi connectivity index (χ3n) is 11.5. The van der Waals surface area contributed by atoms with Crippen LogP contribution in [0.2, 0.25) is 0 Å². The van der Waals surface area contributed by atoms with Gasteiger partial charge in [-0.2, -0.15) is 0 Å². The highest BCUT2D eigenvalue weighted by atomic mass is 16.2. The normalized spacial score (nSPS) is 19.6. The highest BCUT2D eigenvalue weighted by molar-refractivity contribution is 6.13. The number of amidine groups is 1. The topological polar surface area (TPSA) is 187 Å². The van der Waals surface area contributed by atoms with Crippen LogP contribution in [0.5, 0.6) is 0 Å². The largest absolute Gasteiger partial charge is 0.387 e. The van der Waals surface area contributed by atoms with Crippen molar-refractivity contribution < 1.29 is 28.8 Å². The van der Waals surface area contributed by atoms with Gasteiger partial charge in [0.25, 0.3) is 17.7 Å². The molecule has 0 unspecified atom stereocenters. The molecule has 2 aromatic rings. The van der Waals surface area contributed by atoms with Crippen LogP contribution in [0.1, 0.15) is 100 Å². The predicted octanol–water partition coefficient (Wildman–Crippen LogP) is 5.17. The molecule has 1 saturated carbocycles. The maximum absolute atomic E-state index is 13.3. The number of piperidine rings is 1. The van der Waals surface area contributed by atoms with E-state index in [1.807, 2.05) is 30.9 Å². The summed E-state index contributed by atoms with van der Waals surface area (Å²) in [5.41, 5.74) is 9.02. The average molecular weight is 793 g/mol. The predicted molar refractivity (Wildman–Crippen MR) is 223 cm³/mol. The summed E-state index contributed by atoms with van der Waals surface area (Å²) in [4.78, 5) is 90.5. The molecule has 58 heavy (non-hydrogen) atoms. The second kappa shape index (κ2) is 19.7. The van der Waals surface area contributed by atoms with Gasteiger partial charge in [0.05, 0.1) is 17.6 Å². The average Bonchev–Trinajstić information content (AvgIpc) is 3.43. The fourth-order valence-electron chi connectivity index (χ4n) is 8.31. The molecular formula is C44H56N8O6. The first kappa shape index (κ1) is 42.0. The van der Waals surface area contributed by atoms with Crippen molar-refractivity contribution in [2.75, 3.05) is 49.5 Å². The Morgan fingerprint density at radius 3 is 2.26 bits per heavy atom. The first-order valence-electron chi connectivity index (χ1n) is 20.9. The quantitative estimate of drug-likeness (QED) is 0.152. The van der Waals surface area contributed by atoms with Gasteiger partial charge in [0, 0.05) is 92.8 Å². The van der Waals surface area contributed by atoms with Crippen molar-refractivity contribution in [2.24, 2.45) is 28.5 Å². The molecule has 0 atom stereocenters. The van der Waals surface area contributed by atoms with Crippen LogP contribution >= 0.6 is 0 Å². The van der Waals surface area contributed by atoms with E-state index in [4.69, 9.17) is 5.73 Å². The van der Waals surface area contributed by atoms with E-state index in [1.165, 1.54) is 17.1 Å². The summed E-state index contributed by atoms with van der Waals surface area (Å²) in [7, 11) is 0. The Hall–Kier alpha value is -5.66. The molecule has 1 aromatic heterocycles. The number of rotatable bonds is 16. The smallest absolute Gasteiger partial charge is 0.255 e. The van der Waals surface area contributed by atoms with Gasteiger partial charge in [-0.25, -0.2) is 9.98 Å². The number of benzene rings is 1. The lowest BCUT2D eigenvalue weighted by Gasteiger charge is -2.32. The number of carbonyl (C=O) groups is 6. The highest BCUT2D eigenvalue weighted by Crippen LogP contribution is 2.32. The van der Waals surface area contributed by atoms with Gasteiger partial charge >= 0.3 is 0 Å². The van der Waals surface area contributed by atoms with E-state index >= 15 is 0 Å². The standard InChI is InChI=1S/C44H56N8O6/c1-3-20-51(21-4-2)44(58)34-24-32-11-12-33(25-36(32)49-38(45)26-34)43(57)48-35-13-14-39(47-27-35)50-22-17-31(18-23-50)42(56)46-19-5-6-37(53)30-9-7-29(8-10-30)28-52-40(54)15-16-41(52)55/h11-16,24-25,27,29-31H,3-10,17-23,26,28H2,1-2H3,(H2,45,49)(H,46,56)(H,48,57). The molecule has 4 heterocycles. The number of nitrogens with two attached hydrogens (primary N) is 1. The van der Waals surface area contributed by atoms with Crippen molar-refractivity contribution in [3.8, 4) is 0 Å². The SMILES string of the molecule is CCCN(CCC)C(=O)C1=Cc2ccc(C(=O)Nc3ccc(N4CCC(C(=O)NCCCC(=O)C5CCC(CN6C(=O)C=CC6=O)CC5)CC4)nc3)cc2N=C(N)C1. The Bertz CT molecular complexity index is 1930. The van der Waals surface area contributed by atoms with Gasteiger partial charge in [-0.05, 0) is 94.0 Å². The number of imide groups is 1. The maximum atomic E-state index is 13.3. The van der Waals surface area contributed by atoms with Crippen molar-refractivity contribution in [3.05, 3.63) is 65.4 Å². The molecule has 308 valence electrons. The minimum Gasteiger partial charge on any atom is -0.387 e. The Morgan fingerprint density at radius 2 is 1.60 bits per heavy atom. The monoisotopic (exact) mass is 792 g/mol. The van der Waals surface area contributed by atoms with Crippen molar-refractivity contribution in [3.63, 3.8) is 0 Å². The maximum Gasteiger partial charge on any atom is 0.255 e. The lowest BCUT2D eigenvalue weighted by molar-refractivity contribution is -0.138. The Balaban J connectivity index is 0.906. The van der Waals surface area contributed by atoms with Crippen LogP contribution < -0.4 is 21.3 Å². The van der Waals surface area contributed by atoms with E-state index in [9.17, 15) is 28.8 Å². The van der Waals surface area contributed by atoms with Crippen LogP contribution in [-0.2, 0) is 24.0 Å². The summed E-state index contributed by atoms with van der Waals surface area (Å²) in [5.74, 6) is 0.588. The molecule has 3 aliphatic heterocycles. The number of fused-ring (bicyclic) bond motifs is 1. The number of carbonyl (C=O) groups excluding carboxylic acids is 6. The van der Waals surface area contributed by atoms with Crippen LogP contribution in [0.25, 0.3) is 6.08 Å². The van der Waals surface area contributed by atoms with Crippen molar-refractivity contribution >= 4 is 64.4 Å². The van der Waals surface area contributed by atoms with E-state index in [0.717, 1.165) is 49.9 Å². The van der Waals surface area contributed by atoms with Gasteiger partial charge in [0.2, 0.25) is 11.8 Å². The van der Waals surface area contributed by atoms with Crippen molar-refractivity contribution in [2.45, 2.75) is 84.5 Å². The highest BCUT2D eigenvalue weighted by Gasteiger charge is 2.31. The van der Waals surface area contributed by atoms with Gasteiger partial charge in [-0.1, -0.05) is 19.9 Å². The van der Waals surface area contributed by atoms with Gasteiger partial charge in [0.1, 0.15) is 17.4 Å². The lowest BCUT2D eigenvalue weighted by Crippen LogP contribution is -2.41. The number of ketones is 1. The zero-order valence-corrected chi connectivity index (χ0v) is 33.7. The van der Waals surface area contributed by atoms with Crippen LogP contribution in [0.3, 0.4) is 0 Å². The van der Waals surface area contributed by atoms with Gasteiger partial charge in [-0.3, -0.25) is 33.7 Å². The number of amides is 5. The number of aromatic nitrogens is 1. The first-order chi connectivity index (χ1) is 28.0. The third-order valence-corrected chi connectivity index (χ3v) is 11.5. The molecule has 6 rings (SSSR count).